The molecule has 0 aliphatic carbocycles. The number of phenols is 1. The second kappa shape index (κ2) is 8.18. The quantitative estimate of drug-likeness (QED) is 0.839. The summed E-state index contributed by atoms with van der Waals surface area (Å²) in [6, 6.07) is 13.2. The van der Waals surface area contributed by atoms with Crippen LogP contribution in [0.4, 0.5) is 10.1 Å². The van der Waals surface area contributed by atoms with Gasteiger partial charge in [-0.2, -0.15) is 0 Å². The van der Waals surface area contributed by atoms with Crippen LogP contribution in [0, 0.1) is 5.82 Å². The van der Waals surface area contributed by atoms with Crippen molar-refractivity contribution in [3.63, 3.8) is 0 Å². The molecule has 5 nitrogen and oxygen atoms in total. The lowest BCUT2D eigenvalue weighted by atomic mass is 10.2. The molecular weight excluding hydrogens is 323 g/mol. The van der Waals surface area contributed by atoms with Crippen molar-refractivity contribution in [1.29, 1.82) is 0 Å². The second-order valence-corrected chi connectivity index (χ2v) is 6.20. The third kappa shape index (κ3) is 4.84. The summed E-state index contributed by atoms with van der Waals surface area (Å²) >= 11 is 0. The van der Waals surface area contributed by atoms with E-state index in [0.717, 1.165) is 26.2 Å². The number of benzene rings is 2. The van der Waals surface area contributed by atoms with Gasteiger partial charge >= 0.3 is 0 Å². The zero-order valence-electron chi connectivity index (χ0n) is 14.0. The molecule has 6 heteroatoms. The number of phenolic OH excluding ortho intramolecular Hbond substituents is 1. The standard InChI is InChI=1S/C19H23FN2O3/c20-18-3-1-2-4-19(18)22-11-9-21(10-12-22)13-16(24)14-25-17-7-5-15(23)6-8-17/h1-8,16,23-24H,9-14H2. The summed E-state index contributed by atoms with van der Waals surface area (Å²) in [4.78, 5) is 4.19. The minimum Gasteiger partial charge on any atom is -0.508 e. The average molecular weight is 346 g/mol. The van der Waals surface area contributed by atoms with Gasteiger partial charge in [-0.3, -0.25) is 4.90 Å². The van der Waals surface area contributed by atoms with Gasteiger partial charge in [0.15, 0.2) is 0 Å². The van der Waals surface area contributed by atoms with Gasteiger partial charge in [-0.05, 0) is 36.4 Å². The highest BCUT2D eigenvalue weighted by Gasteiger charge is 2.21. The van der Waals surface area contributed by atoms with Gasteiger partial charge in [0.25, 0.3) is 0 Å². The number of hydrogen-bond acceptors (Lipinski definition) is 5. The van der Waals surface area contributed by atoms with E-state index in [2.05, 4.69) is 4.90 Å². The number of piperazine rings is 1. The molecule has 134 valence electrons. The Hall–Kier alpha value is -2.31. The third-order valence-electron chi connectivity index (χ3n) is 4.31. The number of halogens is 1. The maximum atomic E-state index is 13.8. The zero-order valence-corrected chi connectivity index (χ0v) is 14.0. The summed E-state index contributed by atoms with van der Waals surface area (Å²) in [6.07, 6.45) is -0.603. The number of nitrogens with zero attached hydrogens (tertiary/aromatic N) is 2. The van der Waals surface area contributed by atoms with E-state index in [1.54, 1.807) is 36.4 Å². The molecule has 1 heterocycles. The summed E-state index contributed by atoms with van der Waals surface area (Å²) < 4.78 is 19.4. The van der Waals surface area contributed by atoms with Gasteiger partial charge in [-0.15, -0.1) is 0 Å². The van der Waals surface area contributed by atoms with E-state index in [0.29, 0.717) is 18.0 Å². The molecule has 2 aromatic rings. The SMILES string of the molecule is Oc1ccc(OCC(O)CN2CCN(c3ccccc3F)CC2)cc1. The van der Waals surface area contributed by atoms with Gasteiger partial charge in [0.05, 0.1) is 5.69 Å². The Morgan fingerprint density at radius 1 is 1.00 bits per heavy atom. The summed E-state index contributed by atoms with van der Waals surface area (Å²) in [5, 5.41) is 19.4. The van der Waals surface area contributed by atoms with Crippen LogP contribution in [0.1, 0.15) is 0 Å². The fourth-order valence-corrected chi connectivity index (χ4v) is 2.97. The number of aliphatic hydroxyl groups is 1. The van der Waals surface area contributed by atoms with E-state index in [-0.39, 0.29) is 18.2 Å². The number of para-hydroxylation sites is 1. The molecule has 1 fully saturated rings. The second-order valence-electron chi connectivity index (χ2n) is 6.20. The first kappa shape index (κ1) is 17.5. The first-order chi connectivity index (χ1) is 12.1. The summed E-state index contributed by atoms with van der Waals surface area (Å²) in [7, 11) is 0. The van der Waals surface area contributed by atoms with Crippen LogP contribution in [0.5, 0.6) is 11.5 Å². The number of aromatic hydroxyl groups is 1. The fourth-order valence-electron chi connectivity index (χ4n) is 2.97. The molecule has 1 aliphatic heterocycles. The molecule has 1 atom stereocenters. The van der Waals surface area contributed by atoms with E-state index in [1.807, 2.05) is 11.0 Å². The zero-order chi connectivity index (χ0) is 17.6. The number of rotatable bonds is 6. The van der Waals surface area contributed by atoms with Crippen molar-refractivity contribution < 1.29 is 19.3 Å². The maximum absolute atomic E-state index is 13.8. The van der Waals surface area contributed by atoms with E-state index < -0.39 is 6.10 Å². The Bertz CT molecular complexity index is 673. The van der Waals surface area contributed by atoms with Crippen LogP contribution in [0.25, 0.3) is 0 Å². The molecule has 1 aliphatic rings. The van der Waals surface area contributed by atoms with Gasteiger partial charge in [0, 0.05) is 32.7 Å². The lowest BCUT2D eigenvalue weighted by Crippen LogP contribution is -2.49. The third-order valence-corrected chi connectivity index (χ3v) is 4.31. The number of hydrogen-bond donors (Lipinski definition) is 2. The van der Waals surface area contributed by atoms with Gasteiger partial charge in [0.1, 0.15) is 30.0 Å². The monoisotopic (exact) mass is 346 g/mol. The van der Waals surface area contributed by atoms with Crippen molar-refractivity contribution in [2.45, 2.75) is 6.10 Å². The van der Waals surface area contributed by atoms with E-state index in [4.69, 9.17) is 4.74 Å². The normalized spacial score (nSPS) is 16.6. The minimum absolute atomic E-state index is 0.181. The molecule has 25 heavy (non-hydrogen) atoms. The molecule has 0 spiro atoms. The number of ether oxygens (including phenoxy) is 1. The van der Waals surface area contributed by atoms with Crippen molar-refractivity contribution in [3.05, 3.63) is 54.3 Å². The van der Waals surface area contributed by atoms with Crippen LogP contribution >= 0.6 is 0 Å². The van der Waals surface area contributed by atoms with Crippen molar-refractivity contribution in [3.8, 4) is 11.5 Å². The van der Waals surface area contributed by atoms with Crippen molar-refractivity contribution in [2.75, 3.05) is 44.2 Å². The van der Waals surface area contributed by atoms with Crippen molar-refractivity contribution >= 4 is 5.69 Å². The largest absolute Gasteiger partial charge is 0.508 e. The minimum atomic E-state index is -0.603. The molecule has 0 aromatic heterocycles. The van der Waals surface area contributed by atoms with Gasteiger partial charge in [-0.1, -0.05) is 12.1 Å². The number of β-amino-alcohol motifs (C(OH)–C–C–N with tert-alkyl or cyclic N) is 1. The summed E-state index contributed by atoms with van der Waals surface area (Å²) in [6.45, 7) is 3.70. The Kier molecular flexibility index (Phi) is 5.73. The Morgan fingerprint density at radius 2 is 1.68 bits per heavy atom. The Morgan fingerprint density at radius 3 is 2.36 bits per heavy atom. The molecule has 1 saturated heterocycles. The highest BCUT2D eigenvalue weighted by molar-refractivity contribution is 5.48. The van der Waals surface area contributed by atoms with Gasteiger partial charge in [0.2, 0.25) is 0 Å². The predicted molar refractivity (Wildman–Crippen MR) is 94.7 cm³/mol. The van der Waals surface area contributed by atoms with Crippen LogP contribution in [-0.4, -0.2) is 60.5 Å². The molecule has 0 saturated carbocycles. The highest BCUT2D eigenvalue weighted by Crippen LogP contribution is 2.20. The molecule has 2 aromatic carbocycles. The first-order valence-electron chi connectivity index (χ1n) is 8.43. The lowest BCUT2D eigenvalue weighted by Gasteiger charge is -2.36. The topological polar surface area (TPSA) is 56.2 Å². The van der Waals surface area contributed by atoms with Gasteiger partial charge in [-0.25, -0.2) is 4.39 Å². The molecule has 1 unspecified atom stereocenters. The predicted octanol–water partition coefficient (Wildman–Crippen LogP) is 2.09. The smallest absolute Gasteiger partial charge is 0.146 e. The van der Waals surface area contributed by atoms with Crippen LogP contribution in [0.3, 0.4) is 0 Å². The number of aliphatic hydroxyl groups excluding tert-OH is 1. The van der Waals surface area contributed by atoms with E-state index in [9.17, 15) is 14.6 Å². The lowest BCUT2D eigenvalue weighted by molar-refractivity contribution is 0.0662. The molecule has 2 N–H and O–H groups in total. The van der Waals surface area contributed by atoms with Crippen molar-refractivity contribution in [1.82, 2.24) is 4.90 Å². The van der Waals surface area contributed by atoms with E-state index in [1.165, 1.54) is 6.07 Å². The molecule has 0 radical (unpaired) electrons. The van der Waals surface area contributed by atoms with Gasteiger partial charge < -0.3 is 19.8 Å². The molecule has 0 amide bonds. The van der Waals surface area contributed by atoms with Crippen LogP contribution in [0.2, 0.25) is 0 Å². The highest BCUT2D eigenvalue weighted by atomic mass is 19.1. The fraction of sp³-hybridized carbons (Fsp3) is 0.368. The Labute approximate surface area is 146 Å². The van der Waals surface area contributed by atoms with Crippen LogP contribution in [-0.2, 0) is 0 Å². The molecule has 0 bridgehead atoms. The Balaban J connectivity index is 1.42. The summed E-state index contributed by atoms with van der Waals surface area (Å²) in [5.74, 6) is 0.597. The van der Waals surface area contributed by atoms with Crippen LogP contribution < -0.4 is 9.64 Å². The molecule has 3 rings (SSSR count). The number of anilines is 1. The van der Waals surface area contributed by atoms with Crippen LogP contribution in [0.15, 0.2) is 48.5 Å². The van der Waals surface area contributed by atoms with Crippen molar-refractivity contribution in [2.24, 2.45) is 0 Å². The molecular formula is C19H23FN2O3. The summed E-state index contributed by atoms with van der Waals surface area (Å²) in [5.41, 5.74) is 0.637. The average Bonchev–Trinajstić information content (AvgIpc) is 2.62. The van der Waals surface area contributed by atoms with E-state index >= 15 is 0 Å². The first-order valence-corrected chi connectivity index (χ1v) is 8.43. The maximum Gasteiger partial charge on any atom is 0.146 e.